The Morgan fingerprint density at radius 1 is 1.19 bits per heavy atom. The molecule has 0 atom stereocenters. The molecule has 5 heteroatoms. The van der Waals surface area contributed by atoms with Crippen LogP contribution in [0.1, 0.15) is 53.4 Å². The number of nitrogens with one attached hydrogen (secondary N) is 2. The second-order valence-electron chi connectivity index (χ2n) is 8.06. The van der Waals surface area contributed by atoms with Gasteiger partial charge in [0.15, 0.2) is 0 Å². The second-order valence-corrected chi connectivity index (χ2v) is 8.06. The number of urea groups is 1. The maximum atomic E-state index is 12.4. The van der Waals surface area contributed by atoms with Gasteiger partial charge in [0.2, 0.25) is 0 Å². The zero-order chi connectivity index (χ0) is 15.7. The molecule has 2 fully saturated rings. The molecular weight excluding hydrogens is 266 g/mol. The minimum Gasteiger partial charge on any atom is -0.396 e. The van der Waals surface area contributed by atoms with E-state index < -0.39 is 0 Å². The average Bonchev–Trinajstić information content (AvgIpc) is 2.35. The molecule has 2 aliphatic heterocycles. The number of aliphatic hydroxyl groups excluding tert-OH is 1. The molecule has 0 saturated carbocycles. The fourth-order valence-corrected chi connectivity index (χ4v) is 4.01. The lowest BCUT2D eigenvalue weighted by atomic mass is 9.79. The first-order valence-electron chi connectivity index (χ1n) is 8.16. The normalized spacial score (nSPS) is 26.6. The maximum Gasteiger partial charge on any atom is 0.317 e. The van der Waals surface area contributed by atoms with E-state index in [0.29, 0.717) is 5.92 Å². The van der Waals surface area contributed by atoms with Gasteiger partial charge in [-0.1, -0.05) is 0 Å². The number of carbonyl (C=O) groups excluding carboxylic acids is 1. The Balaban J connectivity index is 1.88. The van der Waals surface area contributed by atoms with E-state index in [9.17, 15) is 4.79 Å². The van der Waals surface area contributed by atoms with E-state index in [-0.39, 0.29) is 29.8 Å². The van der Waals surface area contributed by atoms with Crippen LogP contribution >= 0.6 is 0 Å². The molecule has 0 aromatic carbocycles. The largest absolute Gasteiger partial charge is 0.396 e. The van der Waals surface area contributed by atoms with E-state index in [2.05, 4.69) is 38.3 Å². The zero-order valence-electron chi connectivity index (χ0n) is 13.9. The Hall–Kier alpha value is -0.810. The number of amides is 2. The summed E-state index contributed by atoms with van der Waals surface area (Å²) in [6, 6.07) is 0.282. The lowest BCUT2D eigenvalue weighted by Gasteiger charge is -2.47. The Morgan fingerprint density at radius 2 is 1.71 bits per heavy atom. The fraction of sp³-hybridized carbons (Fsp3) is 0.938. The van der Waals surface area contributed by atoms with Crippen LogP contribution in [0, 0.1) is 5.92 Å². The van der Waals surface area contributed by atoms with Gasteiger partial charge in [-0.15, -0.1) is 0 Å². The van der Waals surface area contributed by atoms with Gasteiger partial charge in [-0.25, -0.2) is 4.79 Å². The minimum absolute atomic E-state index is 0.0452. The van der Waals surface area contributed by atoms with E-state index in [1.807, 2.05) is 4.90 Å². The molecule has 2 rings (SSSR count). The standard InChI is InChI=1S/C16H31N3O2/c1-15(2)9-13(10-16(3,4)18-15)17-14(21)19-7-5-12(11-20)6-8-19/h12-13,18,20H,5-11H2,1-4H3,(H,17,21). The molecule has 0 unspecified atom stereocenters. The van der Waals surface area contributed by atoms with Crippen LogP contribution < -0.4 is 10.6 Å². The molecule has 2 aliphatic rings. The van der Waals surface area contributed by atoms with Crippen LogP contribution in [0.3, 0.4) is 0 Å². The van der Waals surface area contributed by atoms with Crippen molar-refractivity contribution in [3.63, 3.8) is 0 Å². The van der Waals surface area contributed by atoms with Crippen LogP contribution in [0.5, 0.6) is 0 Å². The van der Waals surface area contributed by atoms with Crippen LogP contribution in [0.15, 0.2) is 0 Å². The molecule has 122 valence electrons. The van der Waals surface area contributed by atoms with Crippen molar-refractivity contribution in [3.8, 4) is 0 Å². The van der Waals surface area contributed by atoms with Gasteiger partial charge in [0.1, 0.15) is 0 Å². The van der Waals surface area contributed by atoms with Crippen LogP contribution in [0.2, 0.25) is 0 Å². The van der Waals surface area contributed by atoms with E-state index in [4.69, 9.17) is 5.11 Å². The number of carbonyl (C=O) groups is 1. The Labute approximate surface area is 128 Å². The third kappa shape index (κ3) is 4.58. The molecule has 5 nitrogen and oxygen atoms in total. The van der Waals surface area contributed by atoms with Crippen molar-refractivity contribution in [1.82, 2.24) is 15.5 Å². The summed E-state index contributed by atoms with van der Waals surface area (Å²) in [6.45, 7) is 10.5. The lowest BCUT2D eigenvalue weighted by molar-refractivity contribution is 0.120. The van der Waals surface area contributed by atoms with Gasteiger partial charge in [-0.3, -0.25) is 0 Å². The minimum atomic E-state index is 0.0452. The van der Waals surface area contributed by atoms with Crippen LogP contribution in [-0.2, 0) is 0 Å². The number of nitrogens with zero attached hydrogens (tertiary/aromatic N) is 1. The first kappa shape index (κ1) is 16.6. The Morgan fingerprint density at radius 3 is 2.19 bits per heavy atom. The van der Waals surface area contributed by atoms with E-state index >= 15 is 0 Å². The highest BCUT2D eigenvalue weighted by Gasteiger charge is 2.38. The van der Waals surface area contributed by atoms with Crippen molar-refractivity contribution in [2.24, 2.45) is 5.92 Å². The number of hydrogen-bond donors (Lipinski definition) is 3. The maximum absolute atomic E-state index is 12.4. The molecule has 21 heavy (non-hydrogen) atoms. The van der Waals surface area contributed by atoms with Gasteiger partial charge in [0, 0.05) is 36.8 Å². The van der Waals surface area contributed by atoms with Gasteiger partial charge in [0.05, 0.1) is 0 Å². The molecule has 0 spiro atoms. The van der Waals surface area contributed by atoms with Crippen LogP contribution in [0.4, 0.5) is 4.79 Å². The summed E-state index contributed by atoms with van der Waals surface area (Å²) >= 11 is 0. The highest BCUT2D eigenvalue weighted by atomic mass is 16.3. The predicted molar refractivity (Wildman–Crippen MR) is 84.2 cm³/mol. The topological polar surface area (TPSA) is 64.6 Å². The van der Waals surface area contributed by atoms with E-state index in [1.54, 1.807) is 0 Å². The fourth-order valence-electron chi connectivity index (χ4n) is 4.01. The molecule has 0 radical (unpaired) electrons. The van der Waals surface area contributed by atoms with Gasteiger partial charge >= 0.3 is 6.03 Å². The van der Waals surface area contributed by atoms with E-state index in [0.717, 1.165) is 38.8 Å². The summed E-state index contributed by atoms with van der Waals surface area (Å²) in [6.07, 6.45) is 3.73. The molecule has 2 amide bonds. The van der Waals surface area contributed by atoms with Gasteiger partial charge in [-0.05, 0) is 59.3 Å². The highest BCUT2D eigenvalue weighted by molar-refractivity contribution is 5.74. The molecule has 3 N–H and O–H groups in total. The summed E-state index contributed by atoms with van der Waals surface area (Å²) in [5.74, 6) is 0.366. The monoisotopic (exact) mass is 297 g/mol. The quantitative estimate of drug-likeness (QED) is 0.727. The summed E-state index contributed by atoms with van der Waals surface area (Å²) < 4.78 is 0. The highest BCUT2D eigenvalue weighted by Crippen LogP contribution is 2.28. The third-order valence-corrected chi connectivity index (χ3v) is 4.68. The molecule has 2 saturated heterocycles. The van der Waals surface area contributed by atoms with Crippen molar-refractivity contribution in [3.05, 3.63) is 0 Å². The van der Waals surface area contributed by atoms with Crippen molar-refractivity contribution in [2.45, 2.75) is 70.5 Å². The predicted octanol–water partition coefficient (Wildman–Crippen LogP) is 1.71. The third-order valence-electron chi connectivity index (χ3n) is 4.68. The van der Waals surface area contributed by atoms with Gasteiger partial charge in [0.25, 0.3) is 0 Å². The van der Waals surface area contributed by atoms with Crippen molar-refractivity contribution < 1.29 is 9.90 Å². The average molecular weight is 297 g/mol. The number of rotatable bonds is 2. The van der Waals surface area contributed by atoms with Crippen LogP contribution in [0.25, 0.3) is 0 Å². The summed E-state index contributed by atoms with van der Waals surface area (Å²) in [5, 5.41) is 16.0. The van der Waals surface area contributed by atoms with E-state index in [1.165, 1.54) is 0 Å². The Kier molecular flexibility index (Phi) is 4.83. The molecule has 0 aromatic heterocycles. The van der Waals surface area contributed by atoms with Crippen molar-refractivity contribution in [1.29, 1.82) is 0 Å². The van der Waals surface area contributed by atoms with Crippen LogP contribution in [-0.4, -0.2) is 52.9 Å². The Bertz CT molecular complexity index is 358. The lowest BCUT2D eigenvalue weighted by Crippen LogP contribution is -2.63. The van der Waals surface area contributed by atoms with Gasteiger partial charge in [-0.2, -0.15) is 0 Å². The molecule has 2 heterocycles. The van der Waals surface area contributed by atoms with Gasteiger partial charge < -0.3 is 20.6 Å². The zero-order valence-corrected chi connectivity index (χ0v) is 13.9. The first-order valence-corrected chi connectivity index (χ1v) is 8.16. The first-order chi connectivity index (χ1) is 9.71. The number of hydrogen-bond acceptors (Lipinski definition) is 3. The molecular formula is C16H31N3O2. The molecule has 0 bridgehead atoms. The summed E-state index contributed by atoms with van der Waals surface area (Å²) in [4.78, 5) is 14.3. The van der Waals surface area contributed by atoms with Crippen molar-refractivity contribution in [2.75, 3.05) is 19.7 Å². The van der Waals surface area contributed by atoms with Crippen molar-refractivity contribution >= 4 is 6.03 Å². The number of aliphatic hydroxyl groups is 1. The summed E-state index contributed by atoms with van der Waals surface area (Å²) in [5.41, 5.74) is 0.0904. The number of piperidine rings is 2. The SMILES string of the molecule is CC1(C)CC(NC(=O)N2CCC(CO)CC2)CC(C)(C)N1. The summed E-state index contributed by atoms with van der Waals surface area (Å²) in [7, 11) is 0. The number of likely N-dealkylation sites (tertiary alicyclic amines) is 1. The smallest absolute Gasteiger partial charge is 0.317 e. The second kappa shape index (κ2) is 6.13. The molecule has 0 aromatic rings. The molecule has 0 aliphatic carbocycles.